The maximum absolute atomic E-state index is 11.3. The van der Waals surface area contributed by atoms with E-state index in [4.69, 9.17) is 4.42 Å². The fourth-order valence-corrected chi connectivity index (χ4v) is 1.43. The molecule has 0 radical (unpaired) electrons. The number of Topliss-reactive ketones (excluding diaryl/α,β-unsaturated/α-hetero) is 1. The Bertz CT molecular complexity index is 639. The zero-order valence-corrected chi connectivity index (χ0v) is 8.35. The minimum Gasteiger partial charge on any atom is -0.508 e. The number of phenols is 2. The van der Waals surface area contributed by atoms with Crippen LogP contribution in [-0.4, -0.2) is 16.0 Å². The normalized spacial score (nSPS) is 10.6. The molecule has 1 heterocycles. The summed E-state index contributed by atoms with van der Waals surface area (Å²) in [5, 5.41) is 18.9. The van der Waals surface area contributed by atoms with Gasteiger partial charge >= 0.3 is 5.63 Å². The number of rotatable bonds is 1. The van der Waals surface area contributed by atoms with Gasteiger partial charge < -0.3 is 14.6 Å². The SMILES string of the molecule is CC(=O)c1cc2c(O)cc(O)cc2oc1=O. The minimum absolute atomic E-state index is 0.0347. The molecule has 0 spiro atoms. The van der Waals surface area contributed by atoms with E-state index in [9.17, 15) is 19.8 Å². The van der Waals surface area contributed by atoms with Crippen molar-refractivity contribution in [3.8, 4) is 11.5 Å². The van der Waals surface area contributed by atoms with Gasteiger partial charge in [0.05, 0.1) is 5.39 Å². The van der Waals surface area contributed by atoms with Crippen molar-refractivity contribution in [2.24, 2.45) is 0 Å². The van der Waals surface area contributed by atoms with E-state index >= 15 is 0 Å². The van der Waals surface area contributed by atoms with Crippen LogP contribution in [0.25, 0.3) is 11.0 Å². The molecule has 5 nitrogen and oxygen atoms in total. The van der Waals surface area contributed by atoms with Crippen LogP contribution in [0.15, 0.2) is 27.4 Å². The highest BCUT2D eigenvalue weighted by Crippen LogP contribution is 2.29. The molecule has 82 valence electrons. The van der Waals surface area contributed by atoms with Crippen molar-refractivity contribution in [3.05, 3.63) is 34.2 Å². The molecule has 1 aromatic carbocycles. The molecule has 0 saturated carbocycles. The molecule has 2 N–H and O–H groups in total. The van der Waals surface area contributed by atoms with Crippen molar-refractivity contribution >= 4 is 16.8 Å². The Morgan fingerprint density at radius 2 is 1.94 bits per heavy atom. The highest BCUT2D eigenvalue weighted by molar-refractivity contribution is 5.97. The van der Waals surface area contributed by atoms with Gasteiger partial charge in [0, 0.05) is 12.1 Å². The van der Waals surface area contributed by atoms with Gasteiger partial charge in [-0.05, 0) is 13.0 Å². The molecule has 0 aliphatic heterocycles. The second-order valence-electron chi connectivity index (χ2n) is 3.38. The summed E-state index contributed by atoms with van der Waals surface area (Å²) in [5.41, 5.74) is -0.883. The number of aromatic hydroxyl groups is 2. The Labute approximate surface area is 89.6 Å². The van der Waals surface area contributed by atoms with Crippen LogP contribution in [0.3, 0.4) is 0 Å². The highest BCUT2D eigenvalue weighted by Gasteiger charge is 2.12. The van der Waals surface area contributed by atoms with Crippen molar-refractivity contribution in [1.82, 2.24) is 0 Å². The van der Waals surface area contributed by atoms with Crippen molar-refractivity contribution in [2.75, 3.05) is 0 Å². The topological polar surface area (TPSA) is 87.7 Å². The van der Waals surface area contributed by atoms with Crippen LogP contribution in [0, 0.1) is 0 Å². The summed E-state index contributed by atoms with van der Waals surface area (Å²) in [4.78, 5) is 22.4. The van der Waals surface area contributed by atoms with Crippen LogP contribution in [0.2, 0.25) is 0 Å². The lowest BCUT2D eigenvalue weighted by molar-refractivity contribution is 0.101. The monoisotopic (exact) mass is 220 g/mol. The van der Waals surface area contributed by atoms with E-state index in [2.05, 4.69) is 0 Å². The first-order valence-corrected chi connectivity index (χ1v) is 4.50. The maximum atomic E-state index is 11.3. The average Bonchev–Trinajstić information content (AvgIpc) is 2.15. The second kappa shape index (κ2) is 3.37. The molecule has 2 aromatic rings. The molecule has 0 aliphatic rings. The Hall–Kier alpha value is -2.30. The van der Waals surface area contributed by atoms with Crippen LogP contribution in [0.1, 0.15) is 17.3 Å². The van der Waals surface area contributed by atoms with Crippen molar-refractivity contribution in [1.29, 1.82) is 0 Å². The predicted molar refractivity (Wildman–Crippen MR) is 55.8 cm³/mol. The van der Waals surface area contributed by atoms with Crippen LogP contribution in [0.4, 0.5) is 0 Å². The second-order valence-corrected chi connectivity index (χ2v) is 3.38. The molecule has 0 amide bonds. The molecule has 0 bridgehead atoms. The molecule has 0 atom stereocenters. The highest BCUT2D eigenvalue weighted by atomic mass is 16.4. The van der Waals surface area contributed by atoms with Crippen molar-refractivity contribution in [3.63, 3.8) is 0 Å². The van der Waals surface area contributed by atoms with Gasteiger partial charge in [-0.1, -0.05) is 0 Å². The predicted octanol–water partition coefficient (Wildman–Crippen LogP) is 1.41. The number of carbonyl (C=O) groups is 1. The summed E-state index contributed by atoms with van der Waals surface area (Å²) in [5.74, 6) is -0.909. The Balaban J connectivity index is 2.90. The fraction of sp³-hybridized carbons (Fsp3) is 0.0909. The van der Waals surface area contributed by atoms with Gasteiger partial charge in [0.1, 0.15) is 22.6 Å². The lowest BCUT2D eigenvalue weighted by atomic mass is 10.1. The summed E-state index contributed by atoms with van der Waals surface area (Å²) in [6.45, 7) is 1.23. The third-order valence-electron chi connectivity index (χ3n) is 2.20. The quantitative estimate of drug-likeness (QED) is 0.560. The number of hydrogen-bond donors (Lipinski definition) is 2. The number of benzene rings is 1. The smallest absolute Gasteiger partial charge is 0.347 e. The lowest BCUT2D eigenvalue weighted by Crippen LogP contribution is -2.10. The van der Waals surface area contributed by atoms with E-state index in [0.717, 1.165) is 6.07 Å². The Morgan fingerprint density at radius 1 is 1.25 bits per heavy atom. The van der Waals surface area contributed by atoms with E-state index in [1.54, 1.807) is 0 Å². The molecule has 0 fully saturated rings. The number of phenolic OH excluding ortho intramolecular Hbond substituents is 2. The third-order valence-corrected chi connectivity index (χ3v) is 2.20. The van der Waals surface area contributed by atoms with E-state index in [1.807, 2.05) is 0 Å². The Kier molecular flexibility index (Phi) is 2.16. The zero-order chi connectivity index (χ0) is 11.9. The average molecular weight is 220 g/mol. The molecule has 16 heavy (non-hydrogen) atoms. The molecule has 5 heteroatoms. The molecule has 0 unspecified atom stereocenters. The van der Waals surface area contributed by atoms with Crippen LogP contribution in [-0.2, 0) is 0 Å². The third kappa shape index (κ3) is 1.52. The van der Waals surface area contributed by atoms with Gasteiger partial charge in [-0.15, -0.1) is 0 Å². The van der Waals surface area contributed by atoms with Crippen LogP contribution >= 0.6 is 0 Å². The number of hydrogen-bond acceptors (Lipinski definition) is 5. The molecule has 0 aliphatic carbocycles. The maximum Gasteiger partial charge on any atom is 0.347 e. The van der Waals surface area contributed by atoms with Crippen molar-refractivity contribution < 1.29 is 19.4 Å². The van der Waals surface area contributed by atoms with E-state index in [1.165, 1.54) is 19.1 Å². The van der Waals surface area contributed by atoms with Crippen LogP contribution < -0.4 is 5.63 Å². The van der Waals surface area contributed by atoms with Crippen molar-refractivity contribution in [2.45, 2.75) is 6.92 Å². The molecule has 0 saturated heterocycles. The lowest BCUT2D eigenvalue weighted by Gasteiger charge is -2.02. The minimum atomic E-state index is -0.787. The summed E-state index contributed by atoms with van der Waals surface area (Å²) in [6.07, 6.45) is 0. The number of fused-ring (bicyclic) bond motifs is 1. The molecule has 2 rings (SSSR count). The van der Waals surface area contributed by atoms with Gasteiger partial charge in [0.25, 0.3) is 0 Å². The van der Waals surface area contributed by atoms with Gasteiger partial charge in [0.15, 0.2) is 5.78 Å². The largest absolute Gasteiger partial charge is 0.508 e. The fourth-order valence-electron chi connectivity index (χ4n) is 1.43. The summed E-state index contributed by atoms with van der Waals surface area (Å²) in [7, 11) is 0. The van der Waals surface area contributed by atoms with Gasteiger partial charge in [-0.25, -0.2) is 4.79 Å². The molecular weight excluding hydrogens is 212 g/mol. The van der Waals surface area contributed by atoms with Gasteiger partial charge in [0.2, 0.25) is 0 Å². The molecular formula is C11H8O5. The Morgan fingerprint density at radius 3 is 2.56 bits per heavy atom. The first-order valence-electron chi connectivity index (χ1n) is 4.50. The standard InChI is InChI=1S/C11H8O5/c1-5(12)7-4-8-9(14)2-6(13)3-10(8)16-11(7)15/h2-4,13-14H,1H3. The van der Waals surface area contributed by atoms with E-state index in [-0.39, 0.29) is 28.0 Å². The summed E-state index contributed by atoms with van der Waals surface area (Å²) < 4.78 is 4.82. The first kappa shape index (κ1) is 10.2. The number of ketones is 1. The van der Waals surface area contributed by atoms with E-state index in [0.29, 0.717) is 0 Å². The molecule has 1 aromatic heterocycles. The zero-order valence-electron chi connectivity index (χ0n) is 8.35. The van der Waals surface area contributed by atoms with E-state index < -0.39 is 11.4 Å². The first-order chi connectivity index (χ1) is 7.49. The summed E-state index contributed by atoms with van der Waals surface area (Å²) >= 11 is 0. The van der Waals surface area contributed by atoms with Crippen LogP contribution in [0.5, 0.6) is 11.5 Å². The summed E-state index contributed by atoms with van der Waals surface area (Å²) in [6, 6.07) is 3.55. The van der Waals surface area contributed by atoms with Gasteiger partial charge in [-0.3, -0.25) is 4.79 Å². The van der Waals surface area contributed by atoms with Gasteiger partial charge in [-0.2, -0.15) is 0 Å². The number of carbonyl (C=O) groups excluding carboxylic acids is 1.